The first-order chi connectivity index (χ1) is 4.75. The van der Waals surface area contributed by atoms with Gasteiger partial charge in [0.05, 0.1) is 0 Å². The second-order valence-electron chi connectivity index (χ2n) is 3.14. The van der Waals surface area contributed by atoms with Crippen LogP contribution in [-0.2, 0) is 9.47 Å². The van der Waals surface area contributed by atoms with Gasteiger partial charge in [-0.1, -0.05) is 6.92 Å². The Hall–Kier alpha value is -0.730. The van der Waals surface area contributed by atoms with Crippen molar-refractivity contribution in [3.63, 3.8) is 0 Å². The summed E-state index contributed by atoms with van der Waals surface area (Å²) in [5.74, 6) is 0.642. The molecule has 2 rings (SSSR count). The van der Waals surface area contributed by atoms with Crippen LogP contribution >= 0.6 is 0 Å². The molecule has 0 aromatic carbocycles. The van der Waals surface area contributed by atoms with Crippen molar-refractivity contribution in [1.82, 2.24) is 0 Å². The van der Waals surface area contributed by atoms with Gasteiger partial charge in [-0.05, 0) is 18.8 Å². The van der Waals surface area contributed by atoms with E-state index in [0.717, 1.165) is 12.8 Å². The first kappa shape index (κ1) is 6.01. The van der Waals surface area contributed by atoms with E-state index in [-0.39, 0.29) is 12.2 Å². The molecule has 0 aromatic rings. The molecular weight excluding hydrogens is 132 g/mol. The summed E-state index contributed by atoms with van der Waals surface area (Å²) in [5.41, 5.74) is 0. The number of rotatable bonds is 0. The Labute approximate surface area is 59.3 Å². The highest BCUT2D eigenvalue weighted by Crippen LogP contribution is 2.34. The quantitative estimate of drug-likeness (QED) is 0.478. The first-order valence-electron chi connectivity index (χ1n) is 3.63. The van der Waals surface area contributed by atoms with Crippen LogP contribution in [0.4, 0.5) is 4.79 Å². The third-order valence-corrected chi connectivity index (χ3v) is 2.18. The summed E-state index contributed by atoms with van der Waals surface area (Å²) < 4.78 is 9.79. The van der Waals surface area contributed by atoms with Crippen molar-refractivity contribution in [1.29, 1.82) is 0 Å². The van der Waals surface area contributed by atoms with Gasteiger partial charge >= 0.3 is 6.16 Å². The minimum absolute atomic E-state index is 0.0579. The highest BCUT2D eigenvalue weighted by atomic mass is 16.8. The van der Waals surface area contributed by atoms with Crippen molar-refractivity contribution in [2.24, 2.45) is 5.92 Å². The Morgan fingerprint density at radius 2 is 1.80 bits per heavy atom. The van der Waals surface area contributed by atoms with Crippen LogP contribution in [0.2, 0.25) is 0 Å². The van der Waals surface area contributed by atoms with Gasteiger partial charge in [-0.2, -0.15) is 0 Å². The lowest BCUT2D eigenvalue weighted by molar-refractivity contribution is 0.105. The van der Waals surface area contributed by atoms with E-state index in [4.69, 9.17) is 9.47 Å². The maximum Gasteiger partial charge on any atom is 0.509 e. The van der Waals surface area contributed by atoms with Crippen LogP contribution in [-0.4, -0.2) is 18.4 Å². The van der Waals surface area contributed by atoms with Crippen molar-refractivity contribution < 1.29 is 14.3 Å². The van der Waals surface area contributed by atoms with Gasteiger partial charge in [0.25, 0.3) is 0 Å². The predicted octanol–water partition coefficient (Wildman–Crippen LogP) is 1.32. The minimum atomic E-state index is -0.484. The van der Waals surface area contributed by atoms with E-state index in [2.05, 4.69) is 6.92 Å². The van der Waals surface area contributed by atoms with Gasteiger partial charge in [0.1, 0.15) is 12.2 Å². The van der Waals surface area contributed by atoms with Crippen molar-refractivity contribution >= 4 is 6.16 Å². The molecule has 0 aromatic heterocycles. The van der Waals surface area contributed by atoms with E-state index in [9.17, 15) is 4.79 Å². The molecular formula is C7H10O3. The van der Waals surface area contributed by atoms with E-state index < -0.39 is 6.16 Å². The highest BCUT2D eigenvalue weighted by molar-refractivity contribution is 5.62. The maximum absolute atomic E-state index is 10.5. The molecule has 3 heteroatoms. The number of carbonyl (C=O) groups excluding carboxylic acids is 1. The van der Waals surface area contributed by atoms with Gasteiger partial charge in [0.15, 0.2) is 0 Å². The molecule has 56 valence electrons. The number of fused-ring (bicyclic) bond motifs is 1. The number of hydrogen-bond donors (Lipinski definition) is 0. The van der Waals surface area contributed by atoms with Crippen LogP contribution < -0.4 is 0 Å². The monoisotopic (exact) mass is 142 g/mol. The molecule has 1 heterocycles. The topological polar surface area (TPSA) is 35.5 Å². The third-order valence-electron chi connectivity index (χ3n) is 2.18. The van der Waals surface area contributed by atoms with Gasteiger partial charge in [-0.25, -0.2) is 4.79 Å². The molecule has 1 saturated heterocycles. The lowest BCUT2D eigenvalue weighted by Crippen LogP contribution is -2.13. The zero-order valence-corrected chi connectivity index (χ0v) is 5.87. The maximum atomic E-state index is 10.5. The van der Waals surface area contributed by atoms with E-state index in [1.54, 1.807) is 0 Å². The van der Waals surface area contributed by atoms with Crippen molar-refractivity contribution in [3.05, 3.63) is 0 Å². The Kier molecular flexibility index (Phi) is 1.13. The lowest BCUT2D eigenvalue weighted by atomic mass is 10.1. The number of hydrogen-bond acceptors (Lipinski definition) is 3. The minimum Gasteiger partial charge on any atom is -0.427 e. The van der Waals surface area contributed by atoms with Crippen LogP contribution in [0.5, 0.6) is 0 Å². The van der Waals surface area contributed by atoms with E-state index >= 15 is 0 Å². The molecule has 1 aliphatic carbocycles. The molecule has 0 spiro atoms. The molecule has 2 atom stereocenters. The normalized spacial score (nSPS) is 44.5. The summed E-state index contributed by atoms with van der Waals surface area (Å²) in [6.07, 6.45) is 1.57. The summed E-state index contributed by atoms with van der Waals surface area (Å²) in [4.78, 5) is 10.5. The summed E-state index contributed by atoms with van der Waals surface area (Å²) >= 11 is 0. The molecule has 0 N–H and O–H groups in total. The Balaban J connectivity index is 2.06. The Morgan fingerprint density at radius 1 is 1.30 bits per heavy atom. The predicted molar refractivity (Wildman–Crippen MR) is 33.5 cm³/mol. The van der Waals surface area contributed by atoms with Gasteiger partial charge < -0.3 is 9.47 Å². The second kappa shape index (κ2) is 1.87. The molecule has 0 bridgehead atoms. The second-order valence-corrected chi connectivity index (χ2v) is 3.14. The zero-order chi connectivity index (χ0) is 7.14. The van der Waals surface area contributed by atoms with Gasteiger partial charge in [0.2, 0.25) is 0 Å². The largest absolute Gasteiger partial charge is 0.509 e. The van der Waals surface area contributed by atoms with Crippen LogP contribution in [0, 0.1) is 5.92 Å². The summed E-state index contributed by atoms with van der Waals surface area (Å²) in [7, 11) is 0. The van der Waals surface area contributed by atoms with Crippen LogP contribution in [0.3, 0.4) is 0 Å². The smallest absolute Gasteiger partial charge is 0.427 e. The van der Waals surface area contributed by atoms with Crippen molar-refractivity contribution in [2.75, 3.05) is 0 Å². The molecule has 2 aliphatic rings. The van der Waals surface area contributed by atoms with Crippen LogP contribution in [0.25, 0.3) is 0 Å². The van der Waals surface area contributed by atoms with Crippen LogP contribution in [0.15, 0.2) is 0 Å². The zero-order valence-electron chi connectivity index (χ0n) is 5.87. The van der Waals surface area contributed by atoms with E-state index in [1.807, 2.05) is 0 Å². The van der Waals surface area contributed by atoms with E-state index in [1.165, 1.54) is 0 Å². The molecule has 1 saturated carbocycles. The SMILES string of the molecule is CC1CC2OC(=O)OC2C1. The number of carbonyl (C=O) groups is 1. The fraction of sp³-hybridized carbons (Fsp3) is 0.857. The molecule has 2 fully saturated rings. The summed E-state index contributed by atoms with van der Waals surface area (Å²) in [6.45, 7) is 2.15. The summed E-state index contributed by atoms with van der Waals surface area (Å²) in [6, 6.07) is 0. The fourth-order valence-electron chi connectivity index (χ4n) is 1.72. The van der Waals surface area contributed by atoms with E-state index in [0.29, 0.717) is 5.92 Å². The average Bonchev–Trinajstić information content (AvgIpc) is 2.21. The summed E-state index contributed by atoms with van der Waals surface area (Å²) in [5, 5.41) is 0. The van der Waals surface area contributed by atoms with Crippen molar-refractivity contribution in [3.8, 4) is 0 Å². The molecule has 3 nitrogen and oxygen atoms in total. The van der Waals surface area contributed by atoms with Gasteiger partial charge in [-0.15, -0.1) is 0 Å². The van der Waals surface area contributed by atoms with Gasteiger partial charge in [-0.3, -0.25) is 0 Å². The fourth-order valence-corrected chi connectivity index (χ4v) is 1.72. The standard InChI is InChI=1S/C7H10O3/c1-4-2-5-6(3-4)10-7(8)9-5/h4-6H,2-3H2,1H3. The molecule has 10 heavy (non-hydrogen) atoms. The van der Waals surface area contributed by atoms with Gasteiger partial charge in [0, 0.05) is 0 Å². The third kappa shape index (κ3) is 0.770. The molecule has 0 amide bonds. The number of ether oxygens (including phenoxy) is 2. The van der Waals surface area contributed by atoms with Crippen LogP contribution in [0.1, 0.15) is 19.8 Å². The molecule has 1 aliphatic heterocycles. The first-order valence-corrected chi connectivity index (χ1v) is 3.63. The van der Waals surface area contributed by atoms with Crippen molar-refractivity contribution in [2.45, 2.75) is 32.0 Å². The average molecular weight is 142 g/mol. The Morgan fingerprint density at radius 3 is 2.30 bits per heavy atom. The Bertz CT molecular complexity index is 150. The highest BCUT2D eigenvalue weighted by Gasteiger charge is 2.43. The lowest BCUT2D eigenvalue weighted by Gasteiger charge is -2.00. The molecule has 0 radical (unpaired) electrons. The molecule has 2 unspecified atom stereocenters.